The molecule has 0 bridgehead atoms. The van der Waals surface area contributed by atoms with E-state index in [1.807, 2.05) is 6.92 Å². The molecule has 0 aliphatic rings. The Bertz CT molecular complexity index is 729. The molecule has 0 unspecified atom stereocenters. The number of hydrogen-bond donors (Lipinski definition) is 0. The molecule has 0 aliphatic carbocycles. The highest BCUT2D eigenvalue weighted by Gasteiger charge is 2.14. The zero-order chi connectivity index (χ0) is 13.3. The van der Waals surface area contributed by atoms with Gasteiger partial charge in [0.1, 0.15) is 0 Å². The van der Waals surface area contributed by atoms with E-state index in [1.165, 1.54) is 22.8 Å². The van der Waals surface area contributed by atoms with E-state index in [0.717, 1.165) is 12.8 Å². The lowest BCUT2D eigenvalue weighted by Gasteiger charge is -2.00. The van der Waals surface area contributed by atoms with Crippen molar-refractivity contribution in [2.24, 2.45) is 0 Å². The highest BCUT2D eigenvalue weighted by atomic mass is 35.7. The second-order valence-corrected chi connectivity index (χ2v) is 6.51. The lowest BCUT2D eigenvalue weighted by molar-refractivity contribution is 0.495. The zero-order valence-electron chi connectivity index (χ0n) is 9.72. The number of oxazole rings is 1. The van der Waals surface area contributed by atoms with Crippen molar-refractivity contribution < 1.29 is 12.8 Å². The third kappa shape index (κ3) is 2.44. The Kier molecular flexibility index (Phi) is 3.49. The fraction of sp³-hybridized carbons (Fsp3) is 0.364. The monoisotopic (exact) mass is 289 g/mol. The molecule has 0 spiro atoms. The minimum Gasteiger partial charge on any atom is -0.408 e. The highest BCUT2D eigenvalue weighted by molar-refractivity contribution is 8.13. The van der Waals surface area contributed by atoms with Crippen molar-refractivity contribution in [2.45, 2.75) is 31.2 Å². The van der Waals surface area contributed by atoms with Crippen molar-refractivity contribution in [1.29, 1.82) is 0 Å². The summed E-state index contributed by atoms with van der Waals surface area (Å²) in [4.78, 5) is 11.5. The van der Waals surface area contributed by atoms with Crippen molar-refractivity contribution in [2.75, 3.05) is 0 Å². The molecule has 0 atom stereocenters. The van der Waals surface area contributed by atoms with Crippen LogP contribution in [0, 0.1) is 0 Å². The molecule has 0 amide bonds. The van der Waals surface area contributed by atoms with Gasteiger partial charge in [0.2, 0.25) is 0 Å². The molecule has 0 N–H and O–H groups in total. The predicted octanol–water partition coefficient (Wildman–Crippen LogP) is 2.32. The maximum Gasteiger partial charge on any atom is 0.419 e. The number of benzene rings is 1. The molecule has 2 aromatic rings. The Labute approximate surface area is 108 Å². The molecule has 5 nitrogen and oxygen atoms in total. The van der Waals surface area contributed by atoms with Gasteiger partial charge in [-0.25, -0.2) is 13.2 Å². The average Bonchev–Trinajstić information content (AvgIpc) is 2.60. The first kappa shape index (κ1) is 13.2. The molecule has 1 aromatic heterocycles. The lowest BCUT2D eigenvalue weighted by Crippen LogP contribution is -2.13. The first-order valence-corrected chi connectivity index (χ1v) is 7.82. The molecule has 18 heavy (non-hydrogen) atoms. The van der Waals surface area contributed by atoms with Gasteiger partial charge in [-0.2, -0.15) is 0 Å². The second-order valence-electron chi connectivity index (χ2n) is 3.94. The predicted molar refractivity (Wildman–Crippen MR) is 68.4 cm³/mol. The van der Waals surface area contributed by atoms with Crippen molar-refractivity contribution in [1.82, 2.24) is 4.57 Å². The van der Waals surface area contributed by atoms with Crippen molar-refractivity contribution >= 4 is 30.8 Å². The van der Waals surface area contributed by atoms with Crippen LogP contribution in [0.3, 0.4) is 0 Å². The number of fused-ring (bicyclic) bond motifs is 1. The Balaban J connectivity index is 2.58. The van der Waals surface area contributed by atoms with Gasteiger partial charge in [0, 0.05) is 23.3 Å². The normalized spacial score (nSPS) is 12.1. The van der Waals surface area contributed by atoms with Crippen LogP contribution < -0.4 is 5.76 Å². The molecule has 0 saturated carbocycles. The topological polar surface area (TPSA) is 69.3 Å². The standard InChI is InChI=1S/C11H12ClNO4S/c1-2-3-6-13-9-5-4-8(18(12,15)16)7-10(9)17-11(13)14/h4-5,7H,2-3,6H2,1H3. The molecule has 1 heterocycles. The number of halogens is 1. The van der Waals surface area contributed by atoms with Gasteiger partial charge in [0.15, 0.2) is 5.58 Å². The molecule has 1 aromatic carbocycles. The molecular weight excluding hydrogens is 278 g/mol. The van der Waals surface area contributed by atoms with E-state index in [-0.39, 0.29) is 10.5 Å². The van der Waals surface area contributed by atoms with Crippen LogP contribution >= 0.6 is 10.7 Å². The Morgan fingerprint density at radius 2 is 2.11 bits per heavy atom. The molecule has 0 radical (unpaired) electrons. The highest BCUT2D eigenvalue weighted by Crippen LogP contribution is 2.21. The first-order valence-electron chi connectivity index (χ1n) is 5.51. The number of nitrogens with zero attached hydrogens (tertiary/aromatic N) is 1. The average molecular weight is 290 g/mol. The van der Waals surface area contributed by atoms with Crippen LogP contribution in [0.5, 0.6) is 0 Å². The van der Waals surface area contributed by atoms with Gasteiger partial charge in [-0.15, -0.1) is 0 Å². The van der Waals surface area contributed by atoms with Gasteiger partial charge in [0.05, 0.1) is 10.4 Å². The first-order chi connectivity index (χ1) is 8.43. The molecule has 98 valence electrons. The van der Waals surface area contributed by atoms with Crippen molar-refractivity contribution in [3.63, 3.8) is 0 Å². The molecule has 0 saturated heterocycles. The van der Waals surface area contributed by atoms with E-state index in [2.05, 4.69) is 0 Å². The maximum absolute atomic E-state index is 11.6. The number of hydrogen-bond acceptors (Lipinski definition) is 4. The van der Waals surface area contributed by atoms with Gasteiger partial charge < -0.3 is 4.42 Å². The molecule has 7 heteroatoms. The van der Waals surface area contributed by atoms with Crippen LogP contribution in [-0.4, -0.2) is 13.0 Å². The molecule has 0 fully saturated rings. The van der Waals surface area contributed by atoms with Crippen molar-refractivity contribution in [3.05, 3.63) is 28.7 Å². The van der Waals surface area contributed by atoms with Crippen LogP contribution in [0.25, 0.3) is 11.1 Å². The summed E-state index contributed by atoms with van der Waals surface area (Å²) in [5.41, 5.74) is 0.815. The summed E-state index contributed by atoms with van der Waals surface area (Å²) in [6.07, 6.45) is 1.80. The Hall–Kier alpha value is -1.27. The third-order valence-electron chi connectivity index (χ3n) is 2.66. The Morgan fingerprint density at radius 3 is 2.72 bits per heavy atom. The van der Waals surface area contributed by atoms with E-state index in [0.29, 0.717) is 12.1 Å². The number of rotatable bonds is 4. The summed E-state index contributed by atoms with van der Waals surface area (Å²) in [5, 5.41) is 0. The van der Waals surface area contributed by atoms with E-state index in [9.17, 15) is 13.2 Å². The van der Waals surface area contributed by atoms with Gasteiger partial charge in [-0.1, -0.05) is 13.3 Å². The molecular formula is C11H12ClNO4S. The summed E-state index contributed by atoms with van der Waals surface area (Å²) in [6, 6.07) is 4.16. The van der Waals surface area contributed by atoms with E-state index in [4.69, 9.17) is 15.1 Å². The van der Waals surface area contributed by atoms with Crippen molar-refractivity contribution in [3.8, 4) is 0 Å². The van der Waals surface area contributed by atoms with Gasteiger partial charge >= 0.3 is 5.76 Å². The summed E-state index contributed by atoms with van der Waals surface area (Å²) >= 11 is 0. The summed E-state index contributed by atoms with van der Waals surface area (Å²) in [6.45, 7) is 2.57. The minimum absolute atomic E-state index is 0.0759. The van der Waals surface area contributed by atoms with Crippen LogP contribution in [0.4, 0.5) is 0 Å². The molecule has 2 rings (SSSR count). The fourth-order valence-corrected chi connectivity index (χ4v) is 2.49. The van der Waals surface area contributed by atoms with E-state index in [1.54, 1.807) is 0 Å². The summed E-state index contributed by atoms with van der Waals surface area (Å²) < 4.78 is 28.9. The summed E-state index contributed by atoms with van der Waals surface area (Å²) in [7, 11) is 1.42. The zero-order valence-corrected chi connectivity index (χ0v) is 11.3. The van der Waals surface area contributed by atoms with E-state index >= 15 is 0 Å². The number of aryl methyl sites for hydroxylation is 1. The second kappa shape index (κ2) is 4.78. The SMILES string of the molecule is CCCCn1c(=O)oc2cc(S(=O)(=O)Cl)ccc21. The van der Waals surface area contributed by atoms with Crippen LogP contribution in [0.2, 0.25) is 0 Å². The van der Waals surface area contributed by atoms with Crippen LogP contribution in [-0.2, 0) is 15.6 Å². The number of unbranched alkanes of at least 4 members (excludes halogenated alkanes) is 1. The van der Waals surface area contributed by atoms with Crippen LogP contribution in [0.15, 0.2) is 32.3 Å². The smallest absolute Gasteiger partial charge is 0.408 e. The van der Waals surface area contributed by atoms with Gasteiger partial charge in [-0.3, -0.25) is 4.57 Å². The van der Waals surface area contributed by atoms with Gasteiger partial charge in [0.25, 0.3) is 9.05 Å². The number of aromatic nitrogens is 1. The fourth-order valence-electron chi connectivity index (χ4n) is 1.73. The maximum atomic E-state index is 11.6. The Morgan fingerprint density at radius 1 is 1.39 bits per heavy atom. The van der Waals surface area contributed by atoms with Crippen LogP contribution in [0.1, 0.15) is 19.8 Å². The third-order valence-corrected chi connectivity index (χ3v) is 4.01. The quantitative estimate of drug-likeness (QED) is 0.810. The van der Waals surface area contributed by atoms with E-state index < -0.39 is 14.8 Å². The lowest BCUT2D eigenvalue weighted by atomic mass is 10.3. The largest absolute Gasteiger partial charge is 0.419 e. The molecule has 0 aliphatic heterocycles. The van der Waals surface area contributed by atoms with Gasteiger partial charge in [-0.05, 0) is 18.6 Å². The summed E-state index contributed by atoms with van der Waals surface area (Å²) in [5.74, 6) is -0.484. The minimum atomic E-state index is -3.81.